The van der Waals surface area contributed by atoms with E-state index < -0.39 is 16.1 Å². The molecule has 0 spiro atoms. The van der Waals surface area contributed by atoms with Gasteiger partial charge in [-0.15, -0.1) is 0 Å². The highest BCUT2D eigenvalue weighted by Gasteiger charge is 2.27. The molecule has 1 saturated carbocycles. The van der Waals surface area contributed by atoms with Gasteiger partial charge in [-0.3, -0.25) is 4.79 Å². The highest BCUT2D eigenvalue weighted by molar-refractivity contribution is 7.89. The van der Waals surface area contributed by atoms with Crippen molar-refractivity contribution in [1.82, 2.24) is 10.0 Å². The zero-order valence-corrected chi connectivity index (χ0v) is 11.8. The van der Waals surface area contributed by atoms with E-state index in [4.69, 9.17) is 0 Å². The molecule has 0 bridgehead atoms. The summed E-state index contributed by atoms with van der Waals surface area (Å²) in [5.74, 6) is -0.279. The fraction of sp³-hybridized carbons (Fsp3) is 0.462. The normalized spacial score (nSPS) is 16.9. The van der Waals surface area contributed by atoms with Crippen LogP contribution in [0.3, 0.4) is 0 Å². The molecule has 5 nitrogen and oxygen atoms in total. The topological polar surface area (TPSA) is 75.3 Å². The number of hydrogen-bond acceptors (Lipinski definition) is 3. The van der Waals surface area contributed by atoms with Crippen molar-refractivity contribution in [3.63, 3.8) is 0 Å². The molecule has 19 heavy (non-hydrogen) atoms. The predicted octanol–water partition coefficient (Wildman–Crippen LogP) is 0.940. The van der Waals surface area contributed by atoms with E-state index in [1.165, 1.54) is 12.1 Å². The number of hydrogen-bond donors (Lipinski definition) is 2. The van der Waals surface area contributed by atoms with Gasteiger partial charge < -0.3 is 5.32 Å². The third-order valence-electron chi connectivity index (χ3n) is 2.98. The number of amides is 1. The van der Waals surface area contributed by atoms with E-state index in [0.717, 1.165) is 18.4 Å². The van der Waals surface area contributed by atoms with Crippen molar-refractivity contribution in [2.75, 3.05) is 0 Å². The second-order valence-electron chi connectivity index (χ2n) is 4.94. The number of carbonyl (C=O) groups excluding carboxylic acids is 1. The molecule has 1 aromatic carbocycles. The molecule has 2 rings (SSSR count). The van der Waals surface area contributed by atoms with E-state index in [2.05, 4.69) is 10.0 Å². The lowest BCUT2D eigenvalue weighted by Gasteiger charge is -2.14. The average Bonchev–Trinajstić information content (AvgIpc) is 3.12. The second-order valence-corrected chi connectivity index (χ2v) is 6.65. The molecule has 1 aromatic rings. The molecule has 0 radical (unpaired) electrons. The monoisotopic (exact) mass is 282 g/mol. The van der Waals surface area contributed by atoms with Crippen LogP contribution >= 0.6 is 0 Å². The molecule has 1 aliphatic carbocycles. The maximum Gasteiger partial charge on any atom is 0.241 e. The summed E-state index contributed by atoms with van der Waals surface area (Å²) in [6.07, 6.45) is 1.95. The maximum absolute atomic E-state index is 12.1. The Hall–Kier alpha value is -1.40. The molecule has 0 aromatic heterocycles. The van der Waals surface area contributed by atoms with Gasteiger partial charge in [0.25, 0.3) is 0 Å². The van der Waals surface area contributed by atoms with Crippen molar-refractivity contribution < 1.29 is 13.2 Å². The Kier molecular flexibility index (Phi) is 3.91. The molecule has 6 heteroatoms. The summed E-state index contributed by atoms with van der Waals surface area (Å²) in [6, 6.07) is 5.96. The first-order valence-corrected chi connectivity index (χ1v) is 7.76. The van der Waals surface area contributed by atoms with Crippen molar-refractivity contribution >= 4 is 15.9 Å². The van der Waals surface area contributed by atoms with Crippen molar-refractivity contribution in [1.29, 1.82) is 0 Å². The molecule has 1 fully saturated rings. The van der Waals surface area contributed by atoms with Crippen LogP contribution in [0.4, 0.5) is 0 Å². The average molecular weight is 282 g/mol. The third kappa shape index (κ3) is 3.78. The summed E-state index contributed by atoms with van der Waals surface area (Å²) >= 11 is 0. The quantitative estimate of drug-likeness (QED) is 0.844. The smallest absolute Gasteiger partial charge is 0.241 e. The van der Waals surface area contributed by atoms with Gasteiger partial charge in [-0.05, 0) is 38.8 Å². The molecule has 1 amide bonds. The lowest BCUT2D eigenvalue weighted by Crippen LogP contribution is -2.45. The lowest BCUT2D eigenvalue weighted by molar-refractivity contribution is -0.122. The van der Waals surface area contributed by atoms with E-state index in [-0.39, 0.29) is 16.8 Å². The van der Waals surface area contributed by atoms with Crippen LogP contribution < -0.4 is 10.0 Å². The van der Waals surface area contributed by atoms with Crippen molar-refractivity contribution in [3.05, 3.63) is 29.8 Å². The minimum Gasteiger partial charge on any atom is -0.352 e. The number of nitrogens with one attached hydrogen (secondary N) is 2. The van der Waals surface area contributed by atoms with Gasteiger partial charge in [0.05, 0.1) is 10.9 Å². The van der Waals surface area contributed by atoms with Crippen LogP contribution in [-0.4, -0.2) is 26.4 Å². The number of aryl methyl sites for hydroxylation is 1. The highest BCUT2D eigenvalue weighted by atomic mass is 32.2. The Balaban J connectivity index is 2.03. The fourth-order valence-electron chi connectivity index (χ4n) is 1.63. The van der Waals surface area contributed by atoms with Gasteiger partial charge in [-0.2, -0.15) is 4.72 Å². The van der Waals surface area contributed by atoms with Gasteiger partial charge in [-0.25, -0.2) is 8.42 Å². The van der Waals surface area contributed by atoms with Gasteiger partial charge in [0.15, 0.2) is 0 Å². The van der Waals surface area contributed by atoms with Crippen LogP contribution in [-0.2, 0) is 14.8 Å². The number of benzene rings is 1. The molecule has 0 unspecified atom stereocenters. The Morgan fingerprint density at radius 3 is 2.37 bits per heavy atom. The molecule has 104 valence electrons. The summed E-state index contributed by atoms with van der Waals surface area (Å²) in [5, 5.41) is 2.77. The maximum atomic E-state index is 12.1. The molecule has 0 saturated heterocycles. The molecule has 2 N–H and O–H groups in total. The zero-order valence-electron chi connectivity index (χ0n) is 11.0. The summed E-state index contributed by atoms with van der Waals surface area (Å²) in [5.41, 5.74) is 0.985. The zero-order chi connectivity index (χ0) is 14.0. The lowest BCUT2D eigenvalue weighted by atomic mass is 10.2. The molecule has 1 atom stereocenters. The van der Waals surface area contributed by atoms with Crippen LogP contribution in [0.5, 0.6) is 0 Å². The minimum absolute atomic E-state index is 0.171. The molecular formula is C13H18N2O3S. The Bertz CT molecular complexity index is 562. The van der Waals surface area contributed by atoms with E-state index >= 15 is 0 Å². The SMILES string of the molecule is Cc1ccc(S(=O)(=O)N[C@@H](C)C(=O)NC2CC2)cc1. The van der Waals surface area contributed by atoms with Crippen LogP contribution in [0.25, 0.3) is 0 Å². The number of rotatable bonds is 5. The first-order chi connectivity index (χ1) is 8.88. The molecular weight excluding hydrogens is 264 g/mol. The Morgan fingerprint density at radius 2 is 1.84 bits per heavy atom. The van der Waals surface area contributed by atoms with Gasteiger partial charge in [0.2, 0.25) is 15.9 Å². The third-order valence-corrected chi connectivity index (χ3v) is 4.54. The summed E-state index contributed by atoms with van der Waals surface area (Å²) < 4.78 is 26.5. The van der Waals surface area contributed by atoms with Crippen LogP contribution in [0.15, 0.2) is 29.2 Å². The Morgan fingerprint density at radius 1 is 1.26 bits per heavy atom. The van der Waals surface area contributed by atoms with Crippen LogP contribution in [0.1, 0.15) is 25.3 Å². The molecule has 0 heterocycles. The first kappa shape index (κ1) is 14.0. The summed E-state index contributed by atoms with van der Waals surface area (Å²) in [7, 11) is -3.65. The van der Waals surface area contributed by atoms with Gasteiger partial charge >= 0.3 is 0 Å². The van der Waals surface area contributed by atoms with E-state index in [1.54, 1.807) is 19.1 Å². The molecule has 0 aliphatic heterocycles. The standard InChI is InChI=1S/C13H18N2O3S/c1-9-3-7-12(8-4-9)19(17,18)15-10(2)13(16)14-11-5-6-11/h3-4,7-8,10-11,15H,5-6H2,1-2H3,(H,14,16)/t10-/m0/s1. The minimum atomic E-state index is -3.65. The van der Waals surface area contributed by atoms with E-state index in [1.807, 2.05) is 6.92 Å². The van der Waals surface area contributed by atoms with Gasteiger partial charge in [0.1, 0.15) is 0 Å². The number of carbonyl (C=O) groups is 1. The van der Waals surface area contributed by atoms with Crippen LogP contribution in [0, 0.1) is 6.92 Å². The highest BCUT2D eigenvalue weighted by Crippen LogP contribution is 2.18. The fourth-order valence-corrected chi connectivity index (χ4v) is 2.83. The largest absolute Gasteiger partial charge is 0.352 e. The Labute approximate surface area is 113 Å². The van der Waals surface area contributed by atoms with Gasteiger partial charge in [0, 0.05) is 6.04 Å². The summed E-state index contributed by atoms with van der Waals surface area (Å²) in [4.78, 5) is 11.9. The molecule has 1 aliphatic rings. The predicted molar refractivity (Wildman–Crippen MR) is 72.1 cm³/mol. The first-order valence-electron chi connectivity index (χ1n) is 6.28. The number of sulfonamides is 1. The van der Waals surface area contributed by atoms with Gasteiger partial charge in [-0.1, -0.05) is 17.7 Å². The van der Waals surface area contributed by atoms with Crippen molar-refractivity contribution in [2.45, 2.75) is 43.7 Å². The van der Waals surface area contributed by atoms with E-state index in [0.29, 0.717) is 0 Å². The van der Waals surface area contributed by atoms with Crippen molar-refractivity contribution in [2.24, 2.45) is 0 Å². The van der Waals surface area contributed by atoms with Crippen LogP contribution in [0.2, 0.25) is 0 Å². The summed E-state index contributed by atoms with van der Waals surface area (Å²) in [6.45, 7) is 3.43. The second kappa shape index (κ2) is 5.30. The van der Waals surface area contributed by atoms with Crippen molar-refractivity contribution in [3.8, 4) is 0 Å². The van der Waals surface area contributed by atoms with E-state index in [9.17, 15) is 13.2 Å².